The number of rotatable bonds is 7. The van der Waals surface area contributed by atoms with Crippen molar-refractivity contribution in [3.8, 4) is 0 Å². The zero-order valence-electron chi connectivity index (χ0n) is 15.9. The number of aliphatic hydroxyl groups is 1. The molecule has 0 aromatic rings. The minimum absolute atomic E-state index is 0.0206. The van der Waals surface area contributed by atoms with Crippen LogP contribution in [0.25, 0.3) is 0 Å². The lowest BCUT2D eigenvalue weighted by Gasteiger charge is -2.59. The second-order valence-corrected chi connectivity index (χ2v) is 8.03. The van der Waals surface area contributed by atoms with Gasteiger partial charge >= 0.3 is 0 Å². The zero-order chi connectivity index (χ0) is 17.8. The summed E-state index contributed by atoms with van der Waals surface area (Å²) in [4.78, 5) is 4.81. The lowest BCUT2D eigenvalue weighted by atomic mass is 9.56. The Bertz CT molecular complexity index is 447. The summed E-state index contributed by atoms with van der Waals surface area (Å²) in [6, 6.07) is 0.328. The summed E-state index contributed by atoms with van der Waals surface area (Å²) in [6.45, 7) is 11.9. The van der Waals surface area contributed by atoms with Crippen molar-refractivity contribution in [2.24, 2.45) is 15.8 Å². The third-order valence-electron chi connectivity index (χ3n) is 6.33. The monoisotopic (exact) mass is 341 g/mol. The van der Waals surface area contributed by atoms with Crippen molar-refractivity contribution in [2.75, 3.05) is 40.0 Å². The summed E-state index contributed by atoms with van der Waals surface area (Å²) in [5.74, 6) is 0.845. The number of aliphatic hydroxyl groups excluding tert-OH is 1. The second kappa shape index (κ2) is 7.58. The van der Waals surface area contributed by atoms with Crippen molar-refractivity contribution in [3.63, 3.8) is 0 Å². The van der Waals surface area contributed by atoms with E-state index < -0.39 is 0 Å². The molecule has 1 saturated heterocycles. The lowest BCUT2D eigenvalue weighted by Crippen LogP contribution is -2.69. The molecule has 0 amide bonds. The maximum absolute atomic E-state index is 9.36. The van der Waals surface area contributed by atoms with E-state index >= 15 is 0 Å². The first kappa shape index (κ1) is 19.5. The highest BCUT2D eigenvalue weighted by Crippen LogP contribution is 2.51. The van der Waals surface area contributed by atoms with Gasteiger partial charge in [-0.15, -0.1) is 0 Å². The predicted octanol–water partition coefficient (Wildman–Crippen LogP) is 1.53. The Morgan fingerprint density at radius 2 is 2.12 bits per heavy atom. The molecule has 1 aliphatic carbocycles. The summed E-state index contributed by atoms with van der Waals surface area (Å²) in [5, 5.41) is 16.3. The number of nitrogens with zero attached hydrogens (tertiary/aromatic N) is 1. The Morgan fingerprint density at radius 3 is 2.62 bits per heavy atom. The Labute approximate surface area is 146 Å². The molecule has 1 saturated carbocycles. The van der Waals surface area contributed by atoms with E-state index in [2.05, 4.69) is 38.3 Å². The van der Waals surface area contributed by atoms with Crippen LogP contribution in [0.1, 0.15) is 47.0 Å². The summed E-state index contributed by atoms with van der Waals surface area (Å²) in [7, 11) is 1.79. The quantitative estimate of drug-likeness (QED) is 0.484. The lowest BCUT2D eigenvalue weighted by molar-refractivity contribution is -0.176. The van der Waals surface area contributed by atoms with E-state index in [4.69, 9.17) is 14.5 Å². The third-order valence-corrected chi connectivity index (χ3v) is 6.33. The van der Waals surface area contributed by atoms with Crippen molar-refractivity contribution in [2.45, 2.75) is 58.6 Å². The first-order chi connectivity index (χ1) is 11.3. The molecule has 2 fully saturated rings. The second-order valence-electron chi connectivity index (χ2n) is 8.03. The van der Waals surface area contributed by atoms with E-state index in [1.807, 2.05) is 0 Å². The van der Waals surface area contributed by atoms with Crippen LogP contribution < -0.4 is 10.6 Å². The minimum atomic E-state index is -0.0978. The molecular formula is C18H35N3O3. The summed E-state index contributed by atoms with van der Waals surface area (Å²) in [6.07, 6.45) is 2.67. The van der Waals surface area contributed by atoms with Crippen LogP contribution in [0.4, 0.5) is 0 Å². The fraction of sp³-hybridized carbons (Fsp3) is 0.944. The van der Waals surface area contributed by atoms with Gasteiger partial charge in [0.2, 0.25) is 0 Å². The zero-order valence-corrected chi connectivity index (χ0v) is 15.9. The minimum Gasteiger partial charge on any atom is -0.396 e. The van der Waals surface area contributed by atoms with E-state index in [1.54, 1.807) is 7.11 Å². The van der Waals surface area contributed by atoms with E-state index in [0.29, 0.717) is 19.2 Å². The Balaban J connectivity index is 2.02. The topological polar surface area (TPSA) is 75.1 Å². The summed E-state index contributed by atoms with van der Waals surface area (Å²) in [5.41, 5.74) is -0.0795. The van der Waals surface area contributed by atoms with Crippen LogP contribution in [0.5, 0.6) is 0 Å². The van der Waals surface area contributed by atoms with Gasteiger partial charge in [0.25, 0.3) is 0 Å². The molecule has 0 aromatic heterocycles. The summed E-state index contributed by atoms with van der Waals surface area (Å²) >= 11 is 0. The molecule has 0 bridgehead atoms. The van der Waals surface area contributed by atoms with E-state index in [-0.39, 0.29) is 23.0 Å². The highest BCUT2D eigenvalue weighted by atomic mass is 16.5. The van der Waals surface area contributed by atoms with Gasteiger partial charge in [0.15, 0.2) is 5.96 Å². The SMILES string of the molecule is CCNC(=NCC1(CCO)CCOC1)NC1CC(C)(OC)C1(C)C. The molecule has 3 N–H and O–H groups in total. The molecule has 3 atom stereocenters. The molecule has 24 heavy (non-hydrogen) atoms. The average Bonchev–Trinajstić information content (AvgIpc) is 3.01. The van der Waals surface area contributed by atoms with Gasteiger partial charge in [-0.3, -0.25) is 4.99 Å². The van der Waals surface area contributed by atoms with Gasteiger partial charge in [-0.05, 0) is 33.1 Å². The van der Waals surface area contributed by atoms with Crippen LogP contribution in [0, 0.1) is 10.8 Å². The summed E-state index contributed by atoms with van der Waals surface area (Å²) < 4.78 is 11.3. The molecule has 1 aliphatic heterocycles. The van der Waals surface area contributed by atoms with E-state index in [0.717, 1.165) is 38.4 Å². The molecule has 0 radical (unpaired) electrons. The Hall–Kier alpha value is -0.850. The Kier molecular flexibility index (Phi) is 6.15. The number of ether oxygens (including phenoxy) is 2. The van der Waals surface area contributed by atoms with E-state index in [1.165, 1.54) is 0 Å². The fourth-order valence-corrected chi connectivity index (χ4v) is 3.74. The smallest absolute Gasteiger partial charge is 0.191 e. The standard InChI is InChI=1S/C18H35N3O3/c1-6-19-15(20-12-18(7-9-22)8-10-24-13-18)21-14-11-17(4,23-5)16(14,2)3/h14,22H,6-13H2,1-5H3,(H2,19,20,21). The number of aliphatic imine (C=N–C) groups is 1. The molecule has 1 heterocycles. The van der Waals surface area contributed by atoms with Crippen molar-refractivity contribution in [1.29, 1.82) is 0 Å². The molecule has 3 unspecified atom stereocenters. The first-order valence-electron chi connectivity index (χ1n) is 9.11. The largest absolute Gasteiger partial charge is 0.396 e. The van der Waals surface area contributed by atoms with Crippen molar-refractivity contribution in [3.05, 3.63) is 0 Å². The van der Waals surface area contributed by atoms with Gasteiger partial charge in [-0.1, -0.05) is 13.8 Å². The highest BCUT2D eigenvalue weighted by Gasteiger charge is 2.58. The maximum atomic E-state index is 9.36. The number of hydrogen-bond donors (Lipinski definition) is 3. The van der Waals surface area contributed by atoms with Gasteiger partial charge in [0.1, 0.15) is 0 Å². The van der Waals surface area contributed by atoms with Crippen LogP contribution in [0.15, 0.2) is 4.99 Å². The number of methoxy groups -OCH3 is 1. The molecule has 6 heteroatoms. The Morgan fingerprint density at radius 1 is 1.38 bits per heavy atom. The van der Waals surface area contributed by atoms with Gasteiger partial charge < -0.3 is 25.2 Å². The predicted molar refractivity (Wildman–Crippen MR) is 96.3 cm³/mol. The normalized spacial score (nSPS) is 35.6. The molecule has 2 aliphatic rings. The average molecular weight is 341 g/mol. The molecular weight excluding hydrogens is 306 g/mol. The van der Waals surface area contributed by atoms with Crippen LogP contribution >= 0.6 is 0 Å². The van der Waals surface area contributed by atoms with Gasteiger partial charge in [0, 0.05) is 43.7 Å². The van der Waals surface area contributed by atoms with E-state index in [9.17, 15) is 5.11 Å². The van der Waals surface area contributed by atoms with Crippen molar-refractivity contribution in [1.82, 2.24) is 10.6 Å². The number of hydrogen-bond acceptors (Lipinski definition) is 4. The van der Waals surface area contributed by atoms with Crippen molar-refractivity contribution >= 4 is 5.96 Å². The molecule has 6 nitrogen and oxygen atoms in total. The number of nitrogens with one attached hydrogen (secondary N) is 2. The van der Waals surface area contributed by atoms with Gasteiger partial charge in [0.05, 0.1) is 18.8 Å². The molecule has 140 valence electrons. The van der Waals surface area contributed by atoms with Crippen LogP contribution in [-0.4, -0.2) is 62.7 Å². The molecule has 0 spiro atoms. The van der Waals surface area contributed by atoms with Gasteiger partial charge in [-0.2, -0.15) is 0 Å². The fourth-order valence-electron chi connectivity index (χ4n) is 3.74. The number of guanidine groups is 1. The van der Waals surface area contributed by atoms with Crippen LogP contribution in [0.3, 0.4) is 0 Å². The molecule has 0 aromatic carbocycles. The van der Waals surface area contributed by atoms with Gasteiger partial charge in [-0.25, -0.2) is 0 Å². The van der Waals surface area contributed by atoms with Crippen molar-refractivity contribution < 1.29 is 14.6 Å². The molecule has 2 rings (SSSR count). The highest BCUT2D eigenvalue weighted by molar-refractivity contribution is 5.80. The van der Waals surface area contributed by atoms with Crippen LogP contribution in [-0.2, 0) is 9.47 Å². The third kappa shape index (κ3) is 3.70. The maximum Gasteiger partial charge on any atom is 0.191 e. The van der Waals surface area contributed by atoms with Crippen LogP contribution in [0.2, 0.25) is 0 Å². The first-order valence-corrected chi connectivity index (χ1v) is 9.11.